The summed E-state index contributed by atoms with van der Waals surface area (Å²) in [6.07, 6.45) is 4.81. The van der Waals surface area contributed by atoms with Crippen LogP contribution in [-0.4, -0.2) is 37.1 Å². The average molecular weight is 359 g/mol. The van der Waals surface area contributed by atoms with E-state index in [0.717, 1.165) is 32.6 Å². The van der Waals surface area contributed by atoms with E-state index in [1.54, 1.807) is 0 Å². The first-order valence-electron chi connectivity index (χ1n) is 7.72. The van der Waals surface area contributed by atoms with E-state index in [1.165, 1.54) is 31.4 Å². The van der Waals surface area contributed by atoms with E-state index >= 15 is 0 Å². The summed E-state index contributed by atoms with van der Waals surface area (Å²) in [7, 11) is 0. The van der Waals surface area contributed by atoms with Gasteiger partial charge in [0.15, 0.2) is 0 Å². The number of rotatable bonds is 3. The molecule has 1 aromatic rings. The van der Waals surface area contributed by atoms with Gasteiger partial charge in [0.25, 0.3) is 0 Å². The summed E-state index contributed by atoms with van der Waals surface area (Å²) in [5.74, 6) is -0.882. The Bertz CT molecular complexity index is 480. The van der Waals surface area contributed by atoms with Crippen molar-refractivity contribution < 1.29 is 8.78 Å². The van der Waals surface area contributed by atoms with Crippen LogP contribution in [0.3, 0.4) is 0 Å². The zero-order chi connectivity index (χ0) is 14.8. The van der Waals surface area contributed by atoms with Crippen LogP contribution in [0, 0.1) is 11.6 Å². The Kier molecular flexibility index (Phi) is 4.79. The molecule has 0 saturated carbocycles. The molecule has 2 nitrogen and oxygen atoms in total. The number of nitrogens with zero attached hydrogens (tertiary/aromatic N) is 2. The molecule has 2 aliphatic heterocycles. The highest BCUT2D eigenvalue weighted by molar-refractivity contribution is 9.08. The molecule has 5 heteroatoms. The molecule has 0 radical (unpaired) electrons. The van der Waals surface area contributed by atoms with Crippen LogP contribution in [0.2, 0.25) is 0 Å². The molecule has 21 heavy (non-hydrogen) atoms. The van der Waals surface area contributed by atoms with Gasteiger partial charge in [-0.2, -0.15) is 0 Å². The molecule has 3 rings (SSSR count). The molecule has 0 spiro atoms. The maximum absolute atomic E-state index is 14.2. The number of anilines is 1. The molecular formula is C16H21BrF2N2. The Balaban J connectivity index is 1.74. The maximum atomic E-state index is 14.2. The maximum Gasteiger partial charge on any atom is 0.149 e. The van der Waals surface area contributed by atoms with E-state index in [1.807, 2.05) is 4.90 Å². The van der Waals surface area contributed by atoms with Crippen LogP contribution in [0.25, 0.3) is 0 Å². The fraction of sp³-hybridized carbons (Fsp3) is 0.625. The standard InChI is InChI=1S/C16H21BrF2N2/c17-10-12-8-14(18)16(15(19)9-12)21-7-4-13(11-21)20-5-2-1-3-6-20/h8-9,13H,1-7,10-11H2. The van der Waals surface area contributed by atoms with Crippen molar-refractivity contribution in [1.29, 1.82) is 0 Å². The van der Waals surface area contributed by atoms with E-state index in [-0.39, 0.29) is 5.69 Å². The van der Waals surface area contributed by atoms with Crippen LogP contribution >= 0.6 is 15.9 Å². The van der Waals surface area contributed by atoms with Crippen molar-refractivity contribution in [3.05, 3.63) is 29.3 Å². The predicted octanol–water partition coefficient (Wildman–Crippen LogP) is 3.92. The zero-order valence-electron chi connectivity index (χ0n) is 12.1. The first-order valence-corrected chi connectivity index (χ1v) is 8.84. The Hall–Kier alpha value is -0.680. The number of hydrogen-bond donors (Lipinski definition) is 0. The smallest absolute Gasteiger partial charge is 0.149 e. The predicted molar refractivity (Wildman–Crippen MR) is 85.0 cm³/mol. The van der Waals surface area contributed by atoms with E-state index in [2.05, 4.69) is 20.8 Å². The van der Waals surface area contributed by atoms with Crippen LogP contribution in [0.15, 0.2) is 12.1 Å². The van der Waals surface area contributed by atoms with Gasteiger partial charge < -0.3 is 4.90 Å². The summed E-state index contributed by atoms with van der Waals surface area (Å²) >= 11 is 3.24. The summed E-state index contributed by atoms with van der Waals surface area (Å²) in [5.41, 5.74) is 0.791. The summed E-state index contributed by atoms with van der Waals surface area (Å²) < 4.78 is 28.4. The molecule has 1 aromatic carbocycles. The normalized spacial score (nSPS) is 23.8. The summed E-state index contributed by atoms with van der Waals surface area (Å²) in [4.78, 5) is 4.37. The third kappa shape index (κ3) is 3.24. The highest BCUT2D eigenvalue weighted by Crippen LogP contribution is 2.30. The van der Waals surface area contributed by atoms with Crippen LogP contribution in [0.1, 0.15) is 31.2 Å². The molecule has 1 unspecified atom stereocenters. The molecule has 0 aromatic heterocycles. The van der Waals surface area contributed by atoms with Crippen molar-refractivity contribution in [3.63, 3.8) is 0 Å². The SMILES string of the molecule is Fc1cc(CBr)cc(F)c1N1CCC(N2CCCCC2)C1. The van der Waals surface area contributed by atoms with Gasteiger partial charge in [-0.25, -0.2) is 8.78 Å². The quantitative estimate of drug-likeness (QED) is 0.755. The van der Waals surface area contributed by atoms with Crippen molar-refractivity contribution in [2.24, 2.45) is 0 Å². The lowest BCUT2D eigenvalue weighted by atomic mass is 10.1. The van der Waals surface area contributed by atoms with Crippen molar-refractivity contribution in [3.8, 4) is 0 Å². The van der Waals surface area contributed by atoms with Crippen molar-refractivity contribution in [1.82, 2.24) is 4.90 Å². The lowest BCUT2D eigenvalue weighted by Gasteiger charge is -2.32. The zero-order valence-corrected chi connectivity index (χ0v) is 13.7. The van der Waals surface area contributed by atoms with Crippen molar-refractivity contribution in [2.75, 3.05) is 31.1 Å². The lowest BCUT2D eigenvalue weighted by molar-refractivity contribution is 0.174. The number of benzene rings is 1. The van der Waals surface area contributed by atoms with Gasteiger partial charge in [0.2, 0.25) is 0 Å². The average Bonchev–Trinajstić information content (AvgIpc) is 2.97. The molecule has 0 amide bonds. The minimum Gasteiger partial charge on any atom is -0.365 e. The second-order valence-corrected chi connectivity index (χ2v) is 6.59. The monoisotopic (exact) mass is 358 g/mol. The second kappa shape index (κ2) is 6.61. The first-order chi connectivity index (χ1) is 10.2. The topological polar surface area (TPSA) is 6.48 Å². The summed E-state index contributed by atoms with van der Waals surface area (Å²) in [5, 5.41) is 0.470. The Morgan fingerprint density at radius 1 is 1.05 bits per heavy atom. The molecule has 0 N–H and O–H groups in total. The minimum absolute atomic E-state index is 0.152. The highest BCUT2D eigenvalue weighted by Gasteiger charge is 2.31. The minimum atomic E-state index is -0.441. The first kappa shape index (κ1) is 15.2. The summed E-state index contributed by atoms with van der Waals surface area (Å²) in [6, 6.07) is 3.31. The molecule has 2 aliphatic rings. The van der Waals surface area contributed by atoms with Crippen LogP contribution < -0.4 is 4.90 Å². The number of hydrogen-bond acceptors (Lipinski definition) is 2. The van der Waals surface area contributed by atoms with Gasteiger partial charge in [0.05, 0.1) is 0 Å². The van der Waals surface area contributed by atoms with E-state index < -0.39 is 11.6 Å². The van der Waals surface area contributed by atoms with E-state index in [4.69, 9.17) is 0 Å². The number of piperidine rings is 1. The number of alkyl halides is 1. The molecule has 2 saturated heterocycles. The van der Waals surface area contributed by atoms with Crippen molar-refractivity contribution >= 4 is 21.6 Å². The molecule has 0 aliphatic carbocycles. The van der Waals surface area contributed by atoms with Gasteiger partial charge in [0.1, 0.15) is 17.3 Å². The fourth-order valence-corrected chi connectivity index (χ4v) is 3.85. The van der Waals surface area contributed by atoms with Gasteiger partial charge in [-0.05, 0) is 50.0 Å². The molecular weight excluding hydrogens is 338 g/mol. The largest absolute Gasteiger partial charge is 0.365 e. The van der Waals surface area contributed by atoms with Gasteiger partial charge in [0, 0.05) is 24.5 Å². The second-order valence-electron chi connectivity index (χ2n) is 6.03. The summed E-state index contributed by atoms with van der Waals surface area (Å²) in [6.45, 7) is 3.74. The van der Waals surface area contributed by atoms with E-state index in [9.17, 15) is 8.78 Å². The highest BCUT2D eigenvalue weighted by atomic mass is 79.9. The Morgan fingerprint density at radius 3 is 2.33 bits per heavy atom. The third-order valence-electron chi connectivity index (χ3n) is 4.62. The van der Waals surface area contributed by atoms with E-state index in [0.29, 0.717) is 16.9 Å². The molecule has 116 valence electrons. The lowest BCUT2D eigenvalue weighted by Crippen LogP contribution is -2.41. The fourth-order valence-electron chi connectivity index (χ4n) is 3.52. The molecule has 2 heterocycles. The Labute approximate surface area is 133 Å². The van der Waals surface area contributed by atoms with Crippen LogP contribution in [-0.2, 0) is 5.33 Å². The van der Waals surface area contributed by atoms with Crippen LogP contribution in [0.5, 0.6) is 0 Å². The number of halogens is 3. The Morgan fingerprint density at radius 2 is 1.71 bits per heavy atom. The van der Waals surface area contributed by atoms with Gasteiger partial charge in [-0.3, -0.25) is 4.90 Å². The molecule has 1 atom stereocenters. The molecule has 0 bridgehead atoms. The molecule has 2 fully saturated rings. The van der Waals surface area contributed by atoms with Crippen LogP contribution in [0.4, 0.5) is 14.5 Å². The van der Waals surface area contributed by atoms with Gasteiger partial charge in [-0.15, -0.1) is 0 Å². The van der Waals surface area contributed by atoms with Gasteiger partial charge >= 0.3 is 0 Å². The number of likely N-dealkylation sites (tertiary alicyclic amines) is 1. The van der Waals surface area contributed by atoms with Gasteiger partial charge in [-0.1, -0.05) is 22.4 Å². The third-order valence-corrected chi connectivity index (χ3v) is 5.27. The van der Waals surface area contributed by atoms with Crippen molar-refractivity contribution in [2.45, 2.75) is 37.1 Å².